The maximum Gasteiger partial charge on any atom is 0.410 e. The Morgan fingerprint density at radius 2 is 2.31 bits per heavy atom. The number of ether oxygens (including phenoxy) is 1. The highest BCUT2D eigenvalue weighted by atomic mass is 16.6. The molecule has 1 aliphatic heterocycles. The summed E-state index contributed by atoms with van der Waals surface area (Å²) in [6, 6.07) is 0.372. The van der Waals surface area contributed by atoms with E-state index in [1.165, 1.54) is 4.90 Å². The van der Waals surface area contributed by atoms with Crippen LogP contribution in [0.5, 0.6) is 0 Å². The Morgan fingerprint density at radius 1 is 1.62 bits per heavy atom. The first-order valence-corrected chi connectivity index (χ1v) is 5.53. The Labute approximate surface area is 94.3 Å². The number of rotatable bonds is 4. The Morgan fingerprint density at radius 3 is 2.81 bits per heavy atom. The lowest BCUT2D eigenvalue weighted by atomic mass is 10.3. The van der Waals surface area contributed by atoms with Crippen molar-refractivity contribution < 1.29 is 14.3 Å². The van der Waals surface area contributed by atoms with Gasteiger partial charge in [0.1, 0.15) is 12.6 Å². The van der Waals surface area contributed by atoms with E-state index in [1.807, 2.05) is 0 Å². The molecule has 6 nitrogen and oxygen atoms in total. The number of nitrogens with two attached hydrogens (primary N) is 1. The first-order chi connectivity index (χ1) is 7.61. The lowest BCUT2D eigenvalue weighted by Crippen LogP contribution is -2.40. The summed E-state index contributed by atoms with van der Waals surface area (Å²) in [6.45, 7) is 0.816. The monoisotopic (exact) mass is 227 g/mol. The van der Waals surface area contributed by atoms with Crippen molar-refractivity contribution in [2.75, 3.05) is 26.7 Å². The molecule has 2 fully saturated rings. The quantitative estimate of drug-likeness (QED) is 0.695. The van der Waals surface area contributed by atoms with Crippen LogP contribution in [0.4, 0.5) is 4.79 Å². The van der Waals surface area contributed by atoms with Crippen molar-refractivity contribution in [1.82, 2.24) is 9.80 Å². The molecule has 90 valence electrons. The molecule has 1 atom stereocenters. The van der Waals surface area contributed by atoms with Crippen molar-refractivity contribution in [2.45, 2.75) is 25.0 Å². The highest BCUT2D eigenvalue weighted by molar-refractivity contribution is 5.83. The summed E-state index contributed by atoms with van der Waals surface area (Å²) in [6.07, 6.45) is 1.43. The van der Waals surface area contributed by atoms with Crippen LogP contribution in [0.3, 0.4) is 0 Å². The summed E-state index contributed by atoms with van der Waals surface area (Å²) in [5.74, 6) is -0.0304. The van der Waals surface area contributed by atoms with Gasteiger partial charge in [0.15, 0.2) is 0 Å². The molecule has 2 N–H and O–H groups in total. The average Bonchev–Trinajstić information content (AvgIpc) is 3.04. The van der Waals surface area contributed by atoms with Gasteiger partial charge in [0.2, 0.25) is 5.91 Å². The minimum Gasteiger partial charge on any atom is -0.443 e. The molecule has 0 bridgehead atoms. The van der Waals surface area contributed by atoms with Gasteiger partial charge in [-0.15, -0.1) is 0 Å². The third-order valence-electron chi connectivity index (χ3n) is 3.03. The molecule has 0 radical (unpaired) electrons. The second-order valence-corrected chi connectivity index (χ2v) is 4.36. The van der Waals surface area contributed by atoms with Crippen LogP contribution in [0.2, 0.25) is 0 Å². The maximum atomic E-state index is 11.8. The molecule has 6 heteroatoms. The smallest absolute Gasteiger partial charge is 0.410 e. The molecule has 0 aromatic rings. The molecule has 1 heterocycles. The van der Waals surface area contributed by atoms with Gasteiger partial charge in [-0.1, -0.05) is 0 Å². The SMILES string of the molecule is CN(C(=O)CN1CC(CN)OC1=O)C1CC1. The minimum atomic E-state index is -0.437. The standard InChI is InChI=1S/C10H17N3O3/c1-12(7-2-3-7)9(14)6-13-5-8(4-11)16-10(13)15/h7-8H,2-6,11H2,1H3. The second-order valence-electron chi connectivity index (χ2n) is 4.36. The van der Waals surface area contributed by atoms with Gasteiger partial charge in [-0.25, -0.2) is 4.79 Å². The number of hydrogen-bond acceptors (Lipinski definition) is 4. The summed E-state index contributed by atoms with van der Waals surface area (Å²) in [5.41, 5.74) is 5.41. The molecule has 2 rings (SSSR count). The highest BCUT2D eigenvalue weighted by Gasteiger charge is 2.35. The van der Waals surface area contributed by atoms with Crippen molar-refractivity contribution >= 4 is 12.0 Å². The number of amides is 2. The summed E-state index contributed by atoms with van der Waals surface area (Å²) in [7, 11) is 1.78. The van der Waals surface area contributed by atoms with E-state index in [2.05, 4.69) is 0 Å². The Hall–Kier alpha value is -1.30. The van der Waals surface area contributed by atoms with Gasteiger partial charge in [0.05, 0.1) is 6.54 Å². The van der Waals surface area contributed by atoms with E-state index in [-0.39, 0.29) is 18.6 Å². The maximum absolute atomic E-state index is 11.8. The van der Waals surface area contributed by atoms with E-state index < -0.39 is 6.09 Å². The number of carbonyl (C=O) groups excluding carboxylic acids is 2. The second kappa shape index (κ2) is 4.29. The number of carbonyl (C=O) groups is 2. The predicted octanol–water partition coefficient (Wildman–Crippen LogP) is -0.613. The lowest BCUT2D eigenvalue weighted by Gasteiger charge is -2.19. The molecular weight excluding hydrogens is 210 g/mol. The van der Waals surface area contributed by atoms with Gasteiger partial charge in [-0.05, 0) is 12.8 Å². The van der Waals surface area contributed by atoms with Crippen LogP contribution >= 0.6 is 0 Å². The molecule has 1 saturated heterocycles. The Kier molecular flexibility index (Phi) is 3.00. The van der Waals surface area contributed by atoms with E-state index >= 15 is 0 Å². The van der Waals surface area contributed by atoms with Gasteiger partial charge in [0, 0.05) is 19.6 Å². The third-order valence-corrected chi connectivity index (χ3v) is 3.03. The fourth-order valence-electron chi connectivity index (χ4n) is 1.77. The van der Waals surface area contributed by atoms with Gasteiger partial charge >= 0.3 is 6.09 Å². The van der Waals surface area contributed by atoms with Crippen LogP contribution in [0, 0.1) is 0 Å². The van der Waals surface area contributed by atoms with Crippen LogP contribution < -0.4 is 5.73 Å². The van der Waals surface area contributed by atoms with Crippen LogP contribution in [0.25, 0.3) is 0 Å². The zero-order chi connectivity index (χ0) is 11.7. The normalized spacial score (nSPS) is 24.5. The van der Waals surface area contributed by atoms with Crippen LogP contribution in [-0.4, -0.2) is 60.6 Å². The van der Waals surface area contributed by atoms with Crippen molar-refractivity contribution in [3.63, 3.8) is 0 Å². The van der Waals surface area contributed by atoms with E-state index in [9.17, 15) is 9.59 Å². The molecule has 1 unspecified atom stereocenters. The van der Waals surface area contributed by atoms with Crippen molar-refractivity contribution in [3.8, 4) is 0 Å². The molecule has 16 heavy (non-hydrogen) atoms. The summed E-state index contributed by atoms with van der Waals surface area (Å²) >= 11 is 0. The number of cyclic esters (lactones) is 1. The molecule has 2 amide bonds. The zero-order valence-electron chi connectivity index (χ0n) is 9.39. The van der Waals surface area contributed by atoms with Gasteiger partial charge in [-0.3, -0.25) is 9.69 Å². The van der Waals surface area contributed by atoms with Crippen LogP contribution in [0.1, 0.15) is 12.8 Å². The van der Waals surface area contributed by atoms with E-state index in [1.54, 1.807) is 11.9 Å². The number of hydrogen-bond donors (Lipinski definition) is 1. The summed E-state index contributed by atoms with van der Waals surface area (Å²) in [5, 5.41) is 0. The fourth-order valence-corrected chi connectivity index (χ4v) is 1.77. The topological polar surface area (TPSA) is 75.9 Å². The fraction of sp³-hybridized carbons (Fsp3) is 0.800. The Balaban J connectivity index is 1.84. The molecule has 0 aromatic heterocycles. The summed E-state index contributed by atoms with van der Waals surface area (Å²) < 4.78 is 4.97. The molecule has 1 aliphatic carbocycles. The lowest BCUT2D eigenvalue weighted by molar-refractivity contribution is -0.130. The molecule has 1 saturated carbocycles. The first-order valence-electron chi connectivity index (χ1n) is 5.53. The van der Waals surface area contributed by atoms with Gasteiger partial charge in [0.25, 0.3) is 0 Å². The largest absolute Gasteiger partial charge is 0.443 e. The molecular formula is C10H17N3O3. The summed E-state index contributed by atoms with van der Waals surface area (Å²) in [4.78, 5) is 26.3. The minimum absolute atomic E-state index is 0.0304. The van der Waals surface area contributed by atoms with E-state index in [4.69, 9.17) is 10.5 Å². The van der Waals surface area contributed by atoms with Crippen molar-refractivity contribution in [1.29, 1.82) is 0 Å². The van der Waals surface area contributed by atoms with Gasteiger partial charge < -0.3 is 15.4 Å². The van der Waals surface area contributed by atoms with Gasteiger partial charge in [-0.2, -0.15) is 0 Å². The van der Waals surface area contributed by atoms with E-state index in [0.29, 0.717) is 19.1 Å². The van der Waals surface area contributed by atoms with Crippen LogP contribution in [0.15, 0.2) is 0 Å². The number of likely N-dealkylation sites (N-methyl/N-ethyl adjacent to an activating group) is 1. The predicted molar refractivity (Wildman–Crippen MR) is 56.7 cm³/mol. The first kappa shape index (κ1) is 11.2. The highest BCUT2D eigenvalue weighted by Crippen LogP contribution is 2.25. The van der Waals surface area contributed by atoms with Crippen molar-refractivity contribution in [2.24, 2.45) is 5.73 Å². The third kappa shape index (κ3) is 2.27. The van der Waals surface area contributed by atoms with Crippen LogP contribution in [-0.2, 0) is 9.53 Å². The molecule has 2 aliphatic rings. The zero-order valence-corrected chi connectivity index (χ0v) is 9.39. The van der Waals surface area contributed by atoms with Crippen molar-refractivity contribution in [3.05, 3.63) is 0 Å². The molecule has 0 aromatic carbocycles. The molecule has 0 spiro atoms. The van der Waals surface area contributed by atoms with E-state index in [0.717, 1.165) is 12.8 Å². The number of nitrogens with zero attached hydrogens (tertiary/aromatic N) is 2. The average molecular weight is 227 g/mol. The Bertz CT molecular complexity index is 304.